The standard InChI is InChI=1S/C14H28N2/c1-11(2)10-16(12-6-3-4-7-12)14-9-5-8-13(14)15/h11-14H,3-10,15H2,1-2H3. The van der Waals surface area contributed by atoms with Crippen LogP contribution in [0.5, 0.6) is 0 Å². The van der Waals surface area contributed by atoms with Crippen molar-refractivity contribution in [2.24, 2.45) is 11.7 Å². The van der Waals surface area contributed by atoms with Gasteiger partial charge in [-0.2, -0.15) is 0 Å². The highest BCUT2D eigenvalue weighted by Gasteiger charge is 2.34. The van der Waals surface area contributed by atoms with Crippen molar-refractivity contribution >= 4 is 0 Å². The van der Waals surface area contributed by atoms with Crippen LogP contribution in [0.4, 0.5) is 0 Å². The fourth-order valence-corrected chi connectivity index (χ4v) is 3.59. The maximum atomic E-state index is 6.28. The monoisotopic (exact) mass is 224 g/mol. The van der Waals surface area contributed by atoms with E-state index in [1.807, 2.05) is 0 Å². The molecule has 2 atom stereocenters. The molecule has 0 amide bonds. The Labute approximate surface area is 101 Å². The molecule has 2 saturated carbocycles. The summed E-state index contributed by atoms with van der Waals surface area (Å²) in [6, 6.07) is 1.97. The molecule has 0 aromatic heterocycles. The zero-order valence-corrected chi connectivity index (χ0v) is 11.0. The molecule has 2 aliphatic carbocycles. The van der Waals surface area contributed by atoms with Crippen LogP contribution in [0.1, 0.15) is 58.8 Å². The van der Waals surface area contributed by atoms with E-state index in [9.17, 15) is 0 Å². The molecule has 2 N–H and O–H groups in total. The van der Waals surface area contributed by atoms with Gasteiger partial charge in [0.25, 0.3) is 0 Å². The van der Waals surface area contributed by atoms with Crippen LogP contribution in [-0.2, 0) is 0 Å². The van der Waals surface area contributed by atoms with Crippen molar-refractivity contribution in [3.63, 3.8) is 0 Å². The van der Waals surface area contributed by atoms with E-state index >= 15 is 0 Å². The summed E-state index contributed by atoms with van der Waals surface area (Å²) < 4.78 is 0. The normalized spacial score (nSPS) is 32.1. The Morgan fingerprint density at radius 3 is 2.25 bits per heavy atom. The Morgan fingerprint density at radius 2 is 1.75 bits per heavy atom. The van der Waals surface area contributed by atoms with E-state index in [0.717, 1.165) is 12.0 Å². The summed E-state index contributed by atoms with van der Waals surface area (Å²) in [4.78, 5) is 2.77. The summed E-state index contributed by atoms with van der Waals surface area (Å²) in [6.07, 6.45) is 9.61. The van der Waals surface area contributed by atoms with E-state index in [2.05, 4.69) is 18.7 Å². The van der Waals surface area contributed by atoms with Crippen molar-refractivity contribution in [1.29, 1.82) is 0 Å². The quantitative estimate of drug-likeness (QED) is 0.795. The fourth-order valence-electron chi connectivity index (χ4n) is 3.59. The molecule has 0 aromatic carbocycles. The molecule has 94 valence electrons. The lowest BCUT2D eigenvalue weighted by atomic mass is 10.0. The second kappa shape index (κ2) is 5.50. The van der Waals surface area contributed by atoms with E-state index in [4.69, 9.17) is 5.73 Å². The molecule has 2 fully saturated rings. The highest BCUT2D eigenvalue weighted by atomic mass is 15.2. The molecular weight excluding hydrogens is 196 g/mol. The Morgan fingerprint density at radius 1 is 1.06 bits per heavy atom. The van der Waals surface area contributed by atoms with Crippen molar-refractivity contribution < 1.29 is 0 Å². The lowest BCUT2D eigenvalue weighted by molar-refractivity contribution is 0.111. The lowest BCUT2D eigenvalue weighted by Crippen LogP contribution is -2.50. The molecule has 0 aromatic rings. The van der Waals surface area contributed by atoms with Gasteiger partial charge in [-0.25, -0.2) is 0 Å². The predicted molar refractivity (Wildman–Crippen MR) is 69.4 cm³/mol. The van der Waals surface area contributed by atoms with Crippen molar-refractivity contribution in [2.45, 2.75) is 76.9 Å². The van der Waals surface area contributed by atoms with Gasteiger partial charge in [0.1, 0.15) is 0 Å². The van der Waals surface area contributed by atoms with Gasteiger partial charge in [-0.3, -0.25) is 4.90 Å². The third kappa shape index (κ3) is 2.78. The zero-order chi connectivity index (χ0) is 11.5. The minimum atomic E-state index is 0.444. The summed E-state index contributed by atoms with van der Waals surface area (Å²) in [7, 11) is 0. The first-order chi connectivity index (χ1) is 7.68. The maximum Gasteiger partial charge on any atom is 0.0250 e. The predicted octanol–water partition coefficient (Wildman–Crippen LogP) is 2.77. The molecule has 0 radical (unpaired) electrons. The molecule has 2 aliphatic rings. The smallest absolute Gasteiger partial charge is 0.0250 e. The zero-order valence-electron chi connectivity index (χ0n) is 11.0. The van der Waals surface area contributed by atoms with Gasteiger partial charge in [0.2, 0.25) is 0 Å². The van der Waals surface area contributed by atoms with Crippen LogP contribution in [0.2, 0.25) is 0 Å². The Hall–Kier alpha value is -0.0800. The summed E-state index contributed by atoms with van der Waals surface area (Å²) in [5, 5.41) is 0. The van der Waals surface area contributed by atoms with E-state index in [1.165, 1.54) is 51.5 Å². The van der Waals surface area contributed by atoms with Crippen LogP contribution >= 0.6 is 0 Å². The van der Waals surface area contributed by atoms with E-state index < -0.39 is 0 Å². The number of nitrogens with two attached hydrogens (primary N) is 1. The van der Waals surface area contributed by atoms with Gasteiger partial charge in [0, 0.05) is 24.7 Å². The van der Waals surface area contributed by atoms with E-state index in [1.54, 1.807) is 0 Å². The summed E-state index contributed by atoms with van der Waals surface area (Å²) in [5.74, 6) is 0.772. The largest absolute Gasteiger partial charge is 0.326 e. The van der Waals surface area contributed by atoms with Crippen molar-refractivity contribution in [3.05, 3.63) is 0 Å². The van der Waals surface area contributed by atoms with Crippen LogP contribution in [0.15, 0.2) is 0 Å². The summed E-state index contributed by atoms with van der Waals surface area (Å²) in [5.41, 5.74) is 6.28. The second-order valence-electron chi connectivity index (χ2n) is 6.19. The highest BCUT2D eigenvalue weighted by Crippen LogP contribution is 2.31. The molecule has 2 rings (SSSR count). The topological polar surface area (TPSA) is 29.3 Å². The second-order valence-corrected chi connectivity index (χ2v) is 6.19. The number of nitrogens with zero attached hydrogens (tertiary/aromatic N) is 1. The third-order valence-electron chi connectivity index (χ3n) is 4.33. The van der Waals surface area contributed by atoms with Crippen LogP contribution in [0.25, 0.3) is 0 Å². The minimum absolute atomic E-state index is 0.444. The first kappa shape index (κ1) is 12.4. The maximum absolute atomic E-state index is 6.28. The van der Waals surface area contributed by atoms with Gasteiger partial charge >= 0.3 is 0 Å². The van der Waals surface area contributed by atoms with Crippen molar-refractivity contribution in [2.75, 3.05) is 6.54 Å². The van der Waals surface area contributed by atoms with Gasteiger partial charge in [0.15, 0.2) is 0 Å². The molecule has 0 saturated heterocycles. The molecule has 2 heteroatoms. The Bertz CT molecular complexity index is 209. The number of hydrogen-bond donors (Lipinski definition) is 1. The molecule has 0 spiro atoms. The minimum Gasteiger partial charge on any atom is -0.326 e. The van der Waals surface area contributed by atoms with Crippen molar-refractivity contribution in [3.8, 4) is 0 Å². The summed E-state index contributed by atoms with van der Waals surface area (Å²) >= 11 is 0. The van der Waals surface area contributed by atoms with Crippen LogP contribution < -0.4 is 5.73 Å². The molecule has 2 nitrogen and oxygen atoms in total. The van der Waals surface area contributed by atoms with Crippen LogP contribution in [0.3, 0.4) is 0 Å². The van der Waals surface area contributed by atoms with Gasteiger partial charge in [-0.05, 0) is 31.6 Å². The van der Waals surface area contributed by atoms with E-state index in [-0.39, 0.29) is 0 Å². The molecule has 0 bridgehead atoms. The molecular formula is C14H28N2. The van der Waals surface area contributed by atoms with Crippen molar-refractivity contribution in [1.82, 2.24) is 4.90 Å². The Balaban J connectivity index is 2.00. The molecule has 0 heterocycles. The fraction of sp³-hybridized carbons (Fsp3) is 1.00. The lowest BCUT2D eigenvalue weighted by Gasteiger charge is -2.37. The van der Waals surface area contributed by atoms with Crippen LogP contribution in [-0.4, -0.2) is 29.6 Å². The van der Waals surface area contributed by atoms with Crippen LogP contribution in [0, 0.1) is 5.92 Å². The molecule has 0 aliphatic heterocycles. The van der Waals surface area contributed by atoms with Gasteiger partial charge in [0.05, 0.1) is 0 Å². The van der Waals surface area contributed by atoms with Gasteiger partial charge < -0.3 is 5.73 Å². The average Bonchev–Trinajstić information content (AvgIpc) is 2.84. The SMILES string of the molecule is CC(C)CN(C1CCCC1)C1CCCC1N. The molecule has 2 unspecified atom stereocenters. The molecule has 16 heavy (non-hydrogen) atoms. The number of rotatable bonds is 4. The summed E-state index contributed by atoms with van der Waals surface area (Å²) in [6.45, 7) is 5.92. The average molecular weight is 224 g/mol. The van der Waals surface area contributed by atoms with Gasteiger partial charge in [-0.1, -0.05) is 33.1 Å². The first-order valence-corrected chi connectivity index (χ1v) is 7.20. The first-order valence-electron chi connectivity index (χ1n) is 7.20. The van der Waals surface area contributed by atoms with Gasteiger partial charge in [-0.15, -0.1) is 0 Å². The highest BCUT2D eigenvalue weighted by molar-refractivity contribution is 4.92. The third-order valence-corrected chi connectivity index (χ3v) is 4.33. The Kier molecular flexibility index (Phi) is 4.26. The van der Waals surface area contributed by atoms with E-state index in [0.29, 0.717) is 12.1 Å². The number of hydrogen-bond acceptors (Lipinski definition) is 2.